The third kappa shape index (κ3) is 5.49. The molecule has 0 aromatic rings. The number of carbonyl (C=O) groups is 1. The van der Waals surface area contributed by atoms with Gasteiger partial charge in [0.05, 0.1) is 6.10 Å². The van der Waals surface area contributed by atoms with Crippen LogP contribution in [-0.2, 0) is 4.79 Å². The summed E-state index contributed by atoms with van der Waals surface area (Å²) in [6.07, 6.45) is 12.2. The first kappa shape index (κ1) is 19.3. The van der Waals surface area contributed by atoms with Crippen molar-refractivity contribution in [1.82, 2.24) is 0 Å². The molecule has 0 unspecified atom stereocenters. The summed E-state index contributed by atoms with van der Waals surface area (Å²) in [5.74, 6) is -0.598. The molecule has 4 heteroatoms. The Hall–Kier alpha value is -0.710. The molecule has 1 aliphatic rings. The Morgan fingerprint density at radius 3 is 2.00 bits per heavy atom. The summed E-state index contributed by atoms with van der Waals surface area (Å²) in [7, 11) is 0. The summed E-state index contributed by atoms with van der Waals surface area (Å²) < 4.78 is 0. The van der Waals surface area contributed by atoms with Gasteiger partial charge in [0.25, 0.3) is 0 Å². The van der Waals surface area contributed by atoms with Gasteiger partial charge >= 0.3 is 0 Å². The minimum absolute atomic E-state index is 0.345. The molecule has 0 aromatic heterocycles. The number of aliphatic hydroxyl groups is 3. The molecule has 3 atom stereocenters. The molecule has 0 amide bonds. The average Bonchev–Trinajstić information content (AvgIpc) is 2.77. The van der Waals surface area contributed by atoms with E-state index in [1.807, 2.05) is 0 Å². The summed E-state index contributed by atoms with van der Waals surface area (Å²) >= 11 is 0. The average molecular weight is 312 g/mol. The summed E-state index contributed by atoms with van der Waals surface area (Å²) in [6.45, 7) is 2.22. The molecule has 0 fully saturated rings. The molecule has 0 aliphatic heterocycles. The van der Waals surface area contributed by atoms with Crippen molar-refractivity contribution in [2.24, 2.45) is 0 Å². The second kappa shape index (κ2) is 10.1. The Bertz CT molecular complexity index is 353. The van der Waals surface area contributed by atoms with Gasteiger partial charge in [-0.3, -0.25) is 4.79 Å². The van der Waals surface area contributed by atoms with Crippen molar-refractivity contribution >= 4 is 5.78 Å². The first-order chi connectivity index (χ1) is 10.5. The van der Waals surface area contributed by atoms with E-state index in [1.165, 1.54) is 51.0 Å². The summed E-state index contributed by atoms with van der Waals surface area (Å²) in [6, 6.07) is 0. The number of rotatable bonds is 12. The van der Waals surface area contributed by atoms with Crippen molar-refractivity contribution in [3.05, 3.63) is 12.2 Å². The van der Waals surface area contributed by atoms with E-state index < -0.39 is 23.6 Å². The molecule has 0 saturated heterocycles. The van der Waals surface area contributed by atoms with Gasteiger partial charge < -0.3 is 15.3 Å². The van der Waals surface area contributed by atoms with Crippen LogP contribution in [0, 0.1) is 0 Å². The molecule has 4 nitrogen and oxygen atoms in total. The minimum atomic E-state index is -2.03. The van der Waals surface area contributed by atoms with E-state index in [0.29, 0.717) is 6.42 Å². The zero-order valence-electron chi connectivity index (χ0n) is 13.8. The summed E-state index contributed by atoms with van der Waals surface area (Å²) in [4.78, 5) is 11.6. The molecule has 0 saturated carbocycles. The van der Waals surface area contributed by atoms with Gasteiger partial charge in [-0.1, -0.05) is 71.1 Å². The van der Waals surface area contributed by atoms with Gasteiger partial charge in [0.15, 0.2) is 11.4 Å². The Morgan fingerprint density at radius 2 is 1.55 bits per heavy atom. The van der Waals surface area contributed by atoms with Gasteiger partial charge in [0.1, 0.15) is 6.10 Å². The van der Waals surface area contributed by atoms with E-state index >= 15 is 0 Å². The lowest BCUT2D eigenvalue weighted by molar-refractivity contribution is -0.158. The van der Waals surface area contributed by atoms with Gasteiger partial charge in [-0.05, 0) is 18.6 Å². The normalized spacial score (nSPS) is 25.8. The molecule has 22 heavy (non-hydrogen) atoms. The number of ketones is 1. The smallest absolute Gasteiger partial charge is 0.192 e. The van der Waals surface area contributed by atoms with Crippen LogP contribution in [0.1, 0.15) is 77.6 Å². The minimum Gasteiger partial charge on any atom is -0.390 e. The van der Waals surface area contributed by atoms with Crippen LogP contribution in [-0.4, -0.2) is 38.9 Å². The second-order valence-electron chi connectivity index (χ2n) is 6.48. The number of aliphatic hydroxyl groups excluding tert-OH is 2. The maximum atomic E-state index is 11.6. The molecule has 3 N–H and O–H groups in total. The van der Waals surface area contributed by atoms with Crippen LogP contribution in [0.25, 0.3) is 0 Å². The van der Waals surface area contributed by atoms with Gasteiger partial charge in [-0.2, -0.15) is 0 Å². The third-order valence-corrected chi connectivity index (χ3v) is 4.61. The van der Waals surface area contributed by atoms with Crippen molar-refractivity contribution in [3.8, 4) is 0 Å². The highest BCUT2D eigenvalue weighted by molar-refractivity contribution is 6.00. The molecule has 128 valence electrons. The van der Waals surface area contributed by atoms with Crippen LogP contribution in [0.5, 0.6) is 0 Å². The monoisotopic (exact) mass is 312 g/mol. The molecular formula is C18H32O4. The maximum Gasteiger partial charge on any atom is 0.192 e. The molecule has 1 rings (SSSR count). The molecule has 0 aromatic carbocycles. The van der Waals surface area contributed by atoms with Crippen molar-refractivity contribution in [2.45, 2.75) is 95.4 Å². The third-order valence-electron chi connectivity index (χ3n) is 4.61. The van der Waals surface area contributed by atoms with E-state index in [9.17, 15) is 20.1 Å². The summed E-state index contributed by atoms with van der Waals surface area (Å²) in [5.41, 5.74) is -2.03. The standard InChI is InChI=1S/C18H32O4/c1-2-3-4-5-6-7-8-9-10-11-12-15(19)18(22)16(20)13-14-17(18)21/h13-16,19-20,22H,2-12H2,1H3/t15-,16-,18+/m0/s1. The largest absolute Gasteiger partial charge is 0.390 e. The van der Waals surface area contributed by atoms with Crippen LogP contribution in [0.4, 0.5) is 0 Å². The molecular weight excluding hydrogens is 280 g/mol. The van der Waals surface area contributed by atoms with E-state index in [2.05, 4.69) is 6.92 Å². The fourth-order valence-corrected chi connectivity index (χ4v) is 3.01. The quantitative estimate of drug-likeness (QED) is 0.484. The van der Waals surface area contributed by atoms with Crippen molar-refractivity contribution in [1.29, 1.82) is 0 Å². The predicted molar refractivity (Wildman–Crippen MR) is 87.6 cm³/mol. The number of carbonyl (C=O) groups excluding carboxylic acids is 1. The topological polar surface area (TPSA) is 77.8 Å². The van der Waals surface area contributed by atoms with Gasteiger partial charge in [-0.15, -0.1) is 0 Å². The lowest BCUT2D eigenvalue weighted by Crippen LogP contribution is -2.54. The fraction of sp³-hybridized carbons (Fsp3) is 0.833. The zero-order chi connectivity index (χ0) is 16.4. The number of hydrogen-bond acceptors (Lipinski definition) is 4. The maximum absolute atomic E-state index is 11.6. The van der Waals surface area contributed by atoms with E-state index in [-0.39, 0.29) is 0 Å². The molecule has 0 spiro atoms. The highest BCUT2D eigenvalue weighted by Crippen LogP contribution is 2.27. The molecule has 1 aliphatic carbocycles. The highest BCUT2D eigenvalue weighted by Gasteiger charge is 2.50. The fourth-order valence-electron chi connectivity index (χ4n) is 3.01. The first-order valence-electron chi connectivity index (χ1n) is 8.84. The van der Waals surface area contributed by atoms with Crippen molar-refractivity contribution < 1.29 is 20.1 Å². The molecule has 0 heterocycles. The van der Waals surface area contributed by atoms with E-state index in [1.54, 1.807) is 0 Å². The van der Waals surface area contributed by atoms with E-state index in [0.717, 1.165) is 25.3 Å². The van der Waals surface area contributed by atoms with Crippen LogP contribution in [0.15, 0.2) is 12.2 Å². The first-order valence-corrected chi connectivity index (χ1v) is 8.84. The Balaban J connectivity index is 2.04. The highest BCUT2D eigenvalue weighted by atomic mass is 16.4. The van der Waals surface area contributed by atoms with Crippen LogP contribution in [0.3, 0.4) is 0 Å². The lowest BCUT2D eigenvalue weighted by Gasteiger charge is -2.30. The van der Waals surface area contributed by atoms with Crippen LogP contribution < -0.4 is 0 Å². The summed E-state index contributed by atoms with van der Waals surface area (Å²) in [5, 5.41) is 29.8. The van der Waals surface area contributed by atoms with Gasteiger partial charge in [0.2, 0.25) is 0 Å². The van der Waals surface area contributed by atoms with E-state index in [4.69, 9.17) is 0 Å². The Labute approximate surface area is 134 Å². The van der Waals surface area contributed by atoms with Crippen molar-refractivity contribution in [2.75, 3.05) is 0 Å². The van der Waals surface area contributed by atoms with Crippen molar-refractivity contribution in [3.63, 3.8) is 0 Å². The number of unbranched alkanes of at least 4 members (excludes halogenated alkanes) is 9. The van der Waals surface area contributed by atoms with Crippen LogP contribution in [0.2, 0.25) is 0 Å². The van der Waals surface area contributed by atoms with Crippen LogP contribution >= 0.6 is 0 Å². The van der Waals surface area contributed by atoms with Gasteiger partial charge in [-0.25, -0.2) is 0 Å². The Kier molecular flexibility index (Phi) is 8.91. The Morgan fingerprint density at radius 1 is 1.05 bits per heavy atom. The zero-order valence-corrected chi connectivity index (χ0v) is 13.8. The second-order valence-corrected chi connectivity index (χ2v) is 6.48. The van der Waals surface area contributed by atoms with Gasteiger partial charge in [0, 0.05) is 0 Å². The molecule has 0 bridgehead atoms. The SMILES string of the molecule is CCCCCCCCCCCC[C@H](O)[C@]1(O)C(=O)C=C[C@@H]1O. The lowest BCUT2D eigenvalue weighted by atomic mass is 9.87. The predicted octanol–water partition coefficient (Wildman–Crippen LogP) is 2.89. The molecule has 0 radical (unpaired) electrons. The number of hydrogen-bond donors (Lipinski definition) is 3.